The van der Waals surface area contributed by atoms with Gasteiger partial charge in [0.05, 0.1) is 16.5 Å². The Morgan fingerprint density at radius 3 is 2.55 bits per heavy atom. The summed E-state index contributed by atoms with van der Waals surface area (Å²) in [5, 5.41) is 0.732. The van der Waals surface area contributed by atoms with Gasteiger partial charge < -0.3 is 4.42 Å². The van der Waals surface area contributed by atoms with E-state index in [2.05, 4.69) is 15.9 Å². The molecule has 0 aliphatic carbocycles. The number of hydrogen-bond donors (Lipinski definition) is 0. The number of hydrogen-bond acceptors (Lipinski definition) is 4. The molecule has 2 aromatic carbocycles. The maximum atomic E-state index is 12.7. The molecule has 1 fully saturated rings. The summed E-state index contributed by atoms with van der Waals surface area (Å²) >= 11 is 16.5. The number of furan rings is 1. The minimum atomic E-state index is -0.346. The van der Waals surface area contributed by atoms with E-state index in [0.717, 1.165) is 21.8 Å². The van der Waals surface area contributed by atoms with Crippen LogP contribution in [-0.4, -0.2) is 16.0 Å². The van der Waals surface area contributed by atoms with Gasteiger partial charge in [0.1, 0.15) is 11.5 Å². The molecule has 0 unspecified atom stereocenters. The average molecular weight is 509 g/mol. The van der Waals surface area contributed by atoms with Crippen molar-refractivity contribution >= 4 is 68.1 Å². The van der Waals surface area contributed by atoms with Crippen LogP contribution in [0, 0.1) is 0 Å². The minimum absolute atomic E-state index is 0.219. The second kappa shape index (κ2) is 8.40. The molecule has 29 heavy (non-hydrogen) atoms. The SMILES string of the molecule is O=C1S/C(=C\c2ccc(-c3cc(Cl)ccc3Cl)o2)C(=O)N1Cc1ccc(Br)cc1. The first-order valence-electron chi connectivity index (χ1n) is 8.46. The fourth-order valence-electron chi connectivity index (χ4n) is 2.80. The minimum Gasteiger partial charge on any atom is -0.457 e. The molecule has 0 saturated carbocycles. The van der Waals surface area contributed by atoms with E-state index in [-0.39, 0.29) is 17.7 Å². The highest BCUT2D eigenvalue weighted by molar-refractivity contribution is 9.10. The van der Waals surface area contributed by atoms with E-state index in [1.807, 2.05) is 24.3 Å². The standard InChI is InChI=1S/C21H12BrCl2NO3S/c22-13-3-1-12(2-4-13)11-25-20(26)19(29-21(25)27)10-15-6-8-18(28-15)16-9-14(23)5-7-17(16)24/h1-10H,11H2/b19-10-. The van der Waals surface area contributed by atoms with Gasteiger partial charge in [-0.05, 0) is 59.8 Å². The maximum absolute atomic E-state index is 12.7. The molecular weight excluding hydrogens is 497 g/mol. The van der Waals surface area contributed by atoms with Crippen LogP contribution in [-0.2, 0) is 11.3 Å². The van der Waals surface area contributed by atoms with Crippen LogP contribution in [0.4, 0.5) is 4.79 Å². The molecule has 3 aromatic rings. The normalized spacial score (nSPS) is 15.6. The highest BCUT2D eigenvalue weighted by Crippen LogP contribution is 2.36. The first-order chi connectivity index (χ1) is 13.9. The topological polar surface area (TPSA) is 50.5 Å². The van der Waals surface area contributed by atoms with Gasteiger partial charge in [-0.25, -0.2) is 0 Å². The second-order valence-electron chi connectivity index (χ2n) is 6.22. The Bertz CT molecular complexity index is 1140. The Labute approximate surface area is 189 Å². The molecule has 0 atom stereocenters. The van der Waals surface area contributed by atoms with Crippen molar-refractivity contribution in [3.63, 3.8) is 0 Å². The van der Waals surface area contributed by atoms with E-state index >= 15 is 0 Å². The smallest absolute Gasteiger partial charge is 0.293 e. The second-order valence-corrected chi connectivity index (χ2v) is 8.97. The van der Waals surface area contributed by atoms with Crippen molar-refractivity contribution in [3.05, 3.63) is 85.3 Å². The first kappa shape index (κ1) is 20.3. The lowest BCUT2D eigenvalue weighted by Gasteiger charge is -2.12. The largest absolute Gasteiger partial charge is 0.457 e. The molecule has 0 N–H and O–H groups in total. The van der Waals surface area contributed by atoms with E-state index in [4.69, 9.17) is 27.6 Å². The summed E-state index contributed by atoms with van der Waals surface area (Å²) in [5.74, 6) is 0.629. The number of carbonyl (C=O) groups is 2. The summed E-state index contributed by atoms with van der Waals surface area (Å²) in [6, 6.07) is 16.0. The van der Waals surface area contributed by atoms with E-state index < -0.39 is 0 Å². The lowest BCUT2D eigenvalue weighted by Crippen LogP contribution is -2.27. The fraction of sp³-hybridized carbons (Fsp3) is 0.0476. The zero-order chi connectivity index (χ0) is 20.5. The highest BCUT2D eigenvalue weighted by Gasteiger charge is 2.35. The third kappa shape index (κ3) is 4.46. The molecular formula is C21H12BrCl2NO3S. The predicted octanol–water partition coefficient (Wildman–Crippen LogP) is 7.25. The van der Waals surface area contributed by atoms with Crippen LogP contribution >= 0.6 is 50.9 Å². The molecule has 1 saturated heterocycles. The van der Waals surface area contributed by atoms with Crippen LogP contribution in [0.5, 0.6) is 0 Å². The van der Waals surface area contributed by atoms with Crippen molar-refractivity contribution in [1.29, 1.82) is 0 Å². The lowest BCUT2D eigenvalue weighted by atomic mass is 10.2. The Balaban J connectivity index is 1.55. The number of thioether (sulfide) groups is 1. The molecule has 0 radical (unpaired) electrons. The van der Waals surface area contributed by atoms with Crippen LogP contribution < -0.4 is 0 Å². The Morgan fingerprint density at radius 2 is 1.79 bits per heavy atom. The third-order valence-corrected chi connectivity index (χ3v) is 6.22. The van der Waals surface area contributed by atoms with Gasteiger partial charge in [0.25, 0.3) is 11.1 Å². The molecule has 4 nitrogen and oxygen atoms in total. The molecule has 0 spiro atoms. The Morgan fingerprint density at radius 1 is 1.03 bits per heavy atom. The summed E-state index contributed by atoms with van der Waals surface area (Å²) in [7, 11) is 0. The summed E-state index contributed by atoms with van der Waals surface area (Å²) in [4.78, 5) is 26.5. The third-order valence-electron chi connectivity index (χ3n) is 4.22. The number of rotatable bonds is 4. The van der Waals surface area contributed by atoms with Crippen molar-refractivity contribution in [2.24, 2.45) is 0 Å². The number of nitrogens with zero attached hydrogens (tertiary/aromatic N) is 1. The van der Waals surface area contributed by atoms with E-state index in [1.165, 1.54) is 4.90 Å². The quantitative estimate of drug-likeness (QED) is 0.348. The molecule has 146 valence electrons. The number of benzene rings is 2. The van der Waals surface area contributed by atoms with E-state index in [0.29, 0.717) is 32.0 Å². The van der Waals surface area contributed by atoms with Gasteiger partial charge in [0.15, 0.2) is 0 Å². The predicted molar refractivity (Wildman–Crippen MR) is 120 cm³/mol. The van der Waals surface area contributed by atoms with Gasteiger partial charge in [-0.3, -0.25) is 14.5 Å². The van der Waals surface area contributed by atoms with Crippen molar-refractivity contribution in [1.82, 2.24) is 4.90 Å². The van der Waals surface area contributed by atoms with Gasteiger partial charge in [-0.1, -0.05) is 51.3 Å². The van der Waals surface area contributed by atoms with Crippen molar-refractivity contribution in [3.8, 4) is 11.3 Å². The monoisotopic (exact) mass is 507 g/mol. The number of imide groups is 1. The van der Waals surface area contributed by atoms with Gasteiger partial charge in [-0.15, -0.1) is 0 Å². The summed E-state index contributed by atoms with van der Waals surface area (Å²) in [6.45, 7) is 0.219. The molecule has 1 aliphatic rings. The zero-order valence-electron chi connectivity index (χ0n) is 14.7. The number of amides is 2. The molecule has 1 aromatic heterocycles. The summed E-state index contributed by atoms with van der Waals surface area (Å²) in [6.07, 6.45) is 1.56. The maximum Gasteiger partial charge on any atom is 0.293 e. The fourth-order valence-corrected chi connectivity index (χ4v) is 4.26. The molecule has 1 aliphatic heterocycles. The van der Waals surface area contributed by atoms with Crippen molar-refractivity contribution < 1.29 is 14.0 Å². The summed E-state index contributed by atoms with van der Waals surface area (Å²) < 4.78 is 6.73. The van der Waals surface area contributed by atoms with Crippen molar-refractivity contribution in [2.75, 3.05) is 0 Å². The molecule has 0 bridgehead atoms. The summed E-state index contributed by atoms with van der Waals surface area (Å²) in [5.41, 5.74) is 1.52. The van der Waals surface area contributed by atoms with Gasteiger partial charge in [0.2, 0.25) is 0 Å². The van der Waals surface area contributed by atoms with Gasteiger partial charge >= 0.3 is 0 Å². The van der Waals surface area contributed by atoms with E-state index in [1.54, 1.807) is 36.4 Å². The average Bonchev–Trinajstić information content (AvgIpc) is 3.26. The Hall–Kier alpha value is -1.99. The van der Waals surface area contributed by atoms with E-state index in [9.17, 15) is 9.59 Å². The van der Waals surface area contributed by atoms with Crippen LogP contribution in [0.25, 0.3) is 17.4 Å². The zero-order valence-corrected chi connectivity index (χ0v) is 18.6. The van der Waals surface area contributed by atoms with Crippen LogP contribution in [0.3, 0.4) is 0 Å². The Kier molecular flexibility index (Phi) is 5.88. The molecule has 2 amide bonds. The number of halogens is 3. The lowest BCUT2D eigenvalue weighted by molar-refractivity contribution is -0.123. The molecule has 2 heterocycles. The van der Waals surface area contributed by atoms with Gasteiger partial charge in [0, 0.05) is 21.1 Å². The van der Waals surface area contributed by atoms with Gasteiger partial charge in [-0.2, -0.15) is 0 Å². The molecule has 8 heteroatoms. The first-order valence-corrected chi connectivity index (χ1v) is 10.8. The van der Waals surface area contributed by atoms with Crippen LogP contribution in [0.15, 0.2) is 68.4 Å². The molecule has 4 rings (SSSR count). The van der Waals surface area contributed by atoms with Crippen molar-refractivity contribution in [2.45, 2.75) is 6.54 Å². The van der Waals surface area contributed by atoms with Crippen LogP contribution in [0.1, 0.15) is 11.3 Å². The number of carbonyl (C=O) groups excluding carboxylic acids is 2. The highest BCUT2D eigenvalue weighted by atomic mass is 79.9. The van der Waals surface area contributed by atoms with Crippen LogP contribution in [0.2, 0.25) is 10.0 Å².